The van der Waals surface area contributed by atoms with Gasteiger partial charge in [0.15, 0.2) is 0 Å². The monoisotopic (exact) mass is 421 g/mol. The zero-order chi connectivity index (χ0) is 21.5. The van der Waals surface area contributed by atoms with Crippen molar-refractivity contribution in [2.75, 3.05) is 10.6 Å². The van der Waals surface area contributed by atoms with Crippen LogP contribution in [0.2, 0.25) is 5.02 Å². The van der Waals surface area contributed by atoms with Crippen molar-refractivity contribution in [3.8, 4) is 0 Å². The highest BCUT2D eigenvalue weighted by Crippen LogP contribution is 2.20. The average molecular weight is 422 g/mol. The third kappa shape index (κ3) is 5.61. The fourth-order valence-electron chi connectivity index (χ4n) is 2.94. The summed E-state index contributed by atoms with van der Waals surface area (Å²) in [5.41, 5.74) is 2.88. The Morgan fingerprint density at radius 1 is 0.767 bits per heavy atom. The Morgan fingerprint density at radius 3 is 1.97 bits per heavy atom. The molecule has 0 bridgehead atoms. The molecule has 3 aromatic rings. The molecule has 2 amide bonds. The molecule has 0 heterocycles. The summed E-state index contributed by atoms with van der Waals surface area (Å²) < 4.78 is 0. The molecule has 0 spiro atoms. The molecular formula is C24H24ClN3O2. The van der Waals surface area contributed by atoms with E-state index in [0.717, 1.165) is 11.4 Å². The quantitative estimate of drug-likeness (QED) is 0.473. The highest BCUT2D eigenvalue weighted by atomic mass is 35.5. The number of anilines is 3. The second kappa shape index (κ2) is 9.94. The average Bonchev–Trinajstić information content (AvgIpc) is 2.74. The minimum atomic E-state index is -0.698. The fourth-order valence-corrected chi connectivity index (χ4v) is 3.17. The van der Waals surface area contributed by atoms with Crippen LogP contribution in [0.3, 0.4) is 0 Å². The summed E-state index contributed by atoms with van der Waals surface area (Å²) in [5.74, 6) is -0.763. The van der Waals surface area contributed by atoms with E-state index in [9.17, 15) is 9.59 Å². The Kier molecular flexibility index (Phi) is 7.09. The van der Waals surface area contributed by atoms with Gasteiger partial charge in [0.1, 0.15) is 6.04 Å². The molecule has 1 atom stereocenters. The topological polar surface area (TPSA) is 70.2 Å². The molecule has 3 aromatic carbocycles. The van der Waals surface area contributed by atoms with E-state index in [4.69, 9.17) is 11.6 Å². The standard InChI is InChI=1S/C24H24ClN3O2/c1-16(2)22(28-23(29)20-10-6-7-11-21(20)25)24(30)27-19-14-12-18(13-15-19)26-17-8-4-3-5-9-17/h3-16,22,26H,1-2H3,(H,27,30)(H,28,29)/t22-/m0/s1. The Bertz CT molecular complexity index is 1000. The number of para-hydroxylation sites is 1. The molecule has 5 nitrogen and oxygen atoms in total. The molecule has 0 saturated heterocycles. The SMILES string of the molecule is CC(C)[C@H](NC(=O)c1ccccc1Cl)C(=O)Nc1ccc(Nc2ccccc2)cc1. The zero-order valence-corrected chi connectivity index (χ0v) is 17.6. The molecule has 0 aliphatic carbocycles. The molecule has 0 aliphatic heterocycles. The largest absolute Gasteiger partial charge is 0.356 e. The molecule has 3 N–H and O–H groups in total. The summed E-state index contributed by atoms with van der Waals surface area (Å²) in [7, 11) is 0. The lowest BCUT2D eigenvalue weighted by atomic mass is 10.0. The minimum absolute atomic E-state index is 0.101. The van der Waals surface area contributed by atoms with Gasteiger partial charge in [-0.25, -0.2) is 0 Å². The van der Waals surface area contributed by atoms with Crippen LogP contribution in [0.15, 0.2) is 78.9 Å². The van der Waals surface area contributed by atoms with E-state index in [0.29, 0.717) is 16.3 Å². The number of hydrogen-bond acceptors (Lipinski definition) is 3. The van der Waals surface area contributed by atoms with Gasteiger partial charge in [-0.1, -0.05) is 55.8 Å². The lowest BCUT2D eigenvalue weighted by Crippen LogP contribution is -2.47. The van der Waals surface area contributed by atoms with Gasteiger partial charge in [-0.2, -0.15) is 0 Å². The van der Waals surface area contributed by atoms with Gasteiger partial charge in [-0.05, 0) is 54.4 Å². The molecule has 0 unspecified atom stereocenters. The predicted molar refractivity (Wildman–Crippen MR) is 122 cm³/mol. The summed E-state index contributed by atoms with van der Waals surface area (Å²) >= 11 is 6.10. The van der Waals surface area contributed by atoms with Crippen LogP contribution in [0, 0.1) is 5.92 Å². The van der Waals surface area contributed by atoms with Crippen molar-refractivity contribution in [1.29, 1.82) is 0 Å². The van der Waals surface area contributed by atoms with E-state index in [1.165, 1.54) is 0 Å². The van der Waals surface area contributed by atoms with Crippen LogP contribution in [-0.4, -0.2) is 17.9 Å². The Hall–Kier alpha value is -3.31. The van der Waals surface area contributed by atoms with Gasteiger partial charge < -0.3 is 16.0 Å². The predicted octanol–water partition coefficient (Wildman–Crippen LogP) is 5.48. The smallest absolute Gasteiger partial charge is 0.253 e. The van der Waals surface area contributed by atoms with Crippen molar-refractivity contribution in [1.82, 2.24) is 5.32 Å². The number of amides is 2. The van der Waals surface area contributed by atoms with Crippen LogP contribution >= 0.6 is 11.6 Å². The first-order valence-electron chi connectivity index (χ1n) is 9.72. The van der Waals surface area contributed by atoms with E-state index in [1.54, 1.807) is 24.3 Å². The molecule has 0 saturated carbocycles. The molecule has 154 valence electrons. The van der Waals surface area contributed by atoms with Crippen molar-refractivity contribution in [3.63, 3.8) is 0 Å². The van der Waals surface area contributed by atoms with Crippen LogP contribution in [0.5, 0.6) is 0 Å². The second-order valence-electron chi connectivity index (χ2n) is 7.23. The number of nitrogens with one attached hydrogen (secondary N) is 3. The van der Waals surface area contributed by atoms with Crippen molar-refractivity contribution in [2.45, 2.75) is 19.9 Å². The second-order valence-corrected chi connectivity index (χ2v) is 7.64. The van der Waals surface area contributed by atoms with E-state index >= 15 is 0 Å². The maximum atomic E-state index is 12.8. The summed E-state index contributed by atoms with van der Waals surface area (Å²) in [6.07, 6.45) is 0. The molecule has 0 fully saturated rings. The number of rotatable bonds is 7. The van der Waals surface area contributed by atoms with E-state index in [2.05, 4.69) is 16.0 Å². The number of halogens is 1. The van der Waals surface area contributed by atoms with Crippen LogP contribution in [0.25, 0.3) is 0 Å². The molecule has 6 heteroatoms. The first-order chi connectivity index (χ1) is 14.4. The first-order valence-corrected chi connectivity index (χ1v) is 10.1. The number of carbonyl (C=O) groups excluding carboxylic acids is 2. The summed E-state index contributed by atoms with van der Waals surface area (Å²) in [6, 6.07) is 23.3. The Morgan fingerprint density at radius 2 is 1.33 bits per heavy atom. The molecule has 0 aromatic heterocycles. The van der Waals surface area contributed by atoms with Crippen LogP contribution in [0.1, 0.15) is 24.2 Å². The van der Waals surface area contributed by atoms with Gasteiger partial charge in [-0.15, -0.1) is 0 Å². The summed E-state index contributed by atoms with van der Waals surface area (Å²) in [6.45, 7) is 3.76. The number of carbonyl (C=O) groups is 2. The van der Waals surface area contributed by atoms with E-state index in [-0.39, 0.29) is 17.7 Å². The third-order valence-electron chi connectivity index (χ3n) is 4.57. The fraction of sp³-hybridized carbons (Fsp3) is 0.167. The maximum Gasteiger partial charge on any atom is 0.253 e. The maximum absolute atomic E-state index is 12.8. The van der Waals surface area contributed by atoms with Crippen molar-refractivity contribution >= 4 is 40.5 Å². The lowest BCUT2D eigenvalue weighted by Gasteiger charge is -2.22. The Labute approximate surface area is 181 Å². The molecule has 30 heavy (non-hydrogen) atoms. The summed E-state index contributed by atoms with van der Waals surface area (Å²) in [5, 5.41) is 9.30. The first kappa shape index (κ1) is 21.4. The van der Waals surface area contributed by atoms with Crippen molar-refractivity contribution in [2.24, 2.45) is 5.92 Å². The van der Waals surface area contributed by atoms with Crippen molar-refractivity contribution < 1.29 is 9.59 Å². The van der Waals surface area contributed by atoms with Crippen molar-refractivity contribution in [3.05, 3.63) is 89.4 Å². The molecule has 0 aliphatic rings. The highest BCUT2D eigenvalue weighted by Gasteiger charge is 2.25. The van der Waals surface area contributed by atoms with Crippen LogP contribution < -0.4 is 16.0 Å². The molecule has 3 rings (SSSR count). The number of hydrogen-bond donors (Lipinski definition) is 3. The van der Waals surface area contributed by atoms with Gasteiger partial charge in [0.25, 0.3) is 5.91 Å². The zero-order valence-electron chi connectivity index (χ0n) is 16.9. The minimum Gasteiger partial charge on any atom is -0.356 e. The van der Waals surface area contributed by atoms with E-state index < -0.39 is 6.04 Å². The third-order valence-corrected chi connectivity index (χ3v) is 4.90. The van der Waals surface area contributed by atoms with Gasteiger partial charge in [0, 0.05) is 17.1 Å². The van der Waals surface area contributed by atoms with Gasteiger partial charge >= 0.3 is 0 Å². The lowest BCUT2D eigenvalue weighted by molar-refractivity contribution is -0.118. The normalized spacial score (nSPS) is 11.6. The number of benzene rings is 3. The summed E-state index contributed by atoms with van der Waals surface area (Å²) in [4.78, 5) is 25.4. The van der Waals surface area contributed by atoms with Gasteiger partial charge in [-0.3, -0.25) is 9.59 Å². The van der Waals surface area contributed by atoms with Crippen LogP contribution in [-0.2, 0) is 4.79 Å². The van der Waals surface area contributed by atoms with Gasteiger partial charge in [0.05, 0.1) is 10.6 Å². The molecular weight excluding hydrogens is 398 g/mol. The Balaban J connectivity index is 1.65. The van der Waals surface area contributed by atoms with E-state index in [1.807, 2.05) is 68.4 Å². The highest BCUT2D eigenvalue weighted by molar-refractivity contribution is 6.33. The molecule has 0 radical (unpaired) electrons. The van der Waals surface area contributed by atoms with Gasteiger partial charge in [0.2, 0.25) is 5.91 Å². The van der Waals surface area contributed by atoms with Crippen LogP contribution in [0.4, 0.5) is 17.1 Å².